The molecule has 0 fully saturated rings. The molecule has 2 aromatic carbocycles. The van der Waals surface area contributed by atoms with Gasteiger partial charge in [0.1, 0.15) is 0 Å². The van der Waals surface area contributed by atoms with Crippen LogP contribution < -0.4 is 37.2 Å². The zero-order chi connectivity index (χ0) is 17.0. The second-order valence-corrected chi connectivity index (χ2v) is 6.93. The van der Waals surface area contributed by atoms with Crippen LogP contribution in [0.1, 0.15) is 57.6 Å². The Hall–Kier alpha value is -0.496. The molecule has 0 aliphatic heterocycles. The van der Waals surface area contributed by atoms with Crippen LogP contribution in [0.2, 0.25) is 0 Å². The van der Waals surface area contributed by atoms with Crippen molar-refractivity contribution < 1.29 is 58.9 Å². The van der Waals surface area contributed by atoms with Crippen LogP contribution in [-0.2, 0) is 27.1 Å². The van der Waals surface area contributed by atoms with Gasteiger partial charge in [0, 0.05) is 5.41 Å². The van der Waals surface area contributed by atoms with Crippen molar-refractivity contribution in [1.29, 1.82) is 0 Å². The van der Waals surface area contributed by atoms with Crippen molar-refractivity contribution in [2.75, 3.05) is 0 Å². The third-order valence-electron chi connectivity index (χ3n) is 5.37. The average molecular weight is 470 g/mol. The normalized spacial score (nSPS) is 12.8. The van der Waals surface area contributed by atoms with Crippen LogP contribution in [0.3, 0.4) is 0 Å². The minimum Gasteiger partial charge on any atom is -1.00 e. The number of allylic oxidation sites excluding steroid dienone is 4. The maximum atomic E-state index is 3.75. The Morgan fingerprint density at radius 2 is 1.29 bits per heavy atom. The van der Waals surface area contributed by atoms with Crippen molar-refractivity contribution >= 4 is 0 Å². The van der Waals surface area contributed by atoms with E-state index in [1.54, 1.807) is 0 Å². The van der Waals surface area contributed by atoms with Gasteiger partial charge >= 0.3 is 21.7 Å². The molecule has 1 aliphatic carbocycles. The number of hydrogen-bond acceptors (Lipinski definition) is 0. The molecule has 2 aromatic rings. The van der Waals surface area contributed by atoms with Crippen molar-refractivity contribution in [3.05, 3.63) is 94.6 Å². The van der Waals surface area contributed by atoms with E-state index >= 15 is 0 Å². The van der Waals surface area contributed by atoms with Gasteiger partial charge in [0.2, 0.25) is 0 Å². The van der Waals surface area contributed by atoms with Gasteiger partial charge in [-0.3, -0.25) is 0 Å². The van der Waals surface area contributed by atoms with Gasteiger partial charge in [-0.1, -0.05) is 93.8 Å². The number of rotatable bonds is 6. The summed E-state index contributed by atoms with van der Waals surface area (Å²) in [7, 11) is 0. The van der Waals surface area contributed by atoms with Crippen molar-refractivity contribution in [2.45, 2.75) is 51.9 Å². The molecule has 0 bridgehead atoms. The van der Waals surface area contributed by atoms with Crippen molar-refractivity contribution in [3.8, 4) is 0 Å². The smallest absolute Gasteiger partial charge is 1.00 e. The summed E-state index contributed by atoms with van der Waals surface area (Å²) in [5.74, 6) is 0. The Balaban J connectivity index is 0. The van der Waals surface area contributed by atoms with Gasteiger partial charge in [-0.2, -0.15) is 5.57 Å². The Morgan fingerprint density at radius 3 is 1.64 bits per heavy atom. The van der Waals surface area contributed by atoms with Gasteiger partial charge in [0.25, 0.3) is 0 Å². The first-order valence-corrected chi connectivity index (χ1v) is 9.09. The number of benzene rings is 2. The van der Waals surface area contributed by atoms with E-state index in [0.717, 1.165) is 12.8 Å². The van der Waals surface area contributed by atoms with Gasteiger partial charge in [-0.25, -0.2) is 17.2 Å². The Bertz CT molecular complexity index is 712. The molecule has 148 valence electrons. The average Bonchev–Trinajstić information content (AvgIpc) is 2.97. The van der Waals surface area contributed by atoms with Gasteiger partial charge in [0.05, 0.1) is 0 Å². The Labute approximate surface area is 204 Å². The van der Waals surface area contributed by atoms with E-state index in [4.69, 9.17) is 0 Å². The summed E-state index contributed by atoms with van der Waals surface area (Å²) < 4.78 is 0. The minimum atomic E-state index is -0.0580. The first-order valence-electron chi connectivity index (χ1n) is 9.09. The van der Waals surface area contributed by atoms with Gasteiger partial charge in [-0.05, 0) is 17.5 Å². The summed E-state index contributed by atoms with van der Waals surface area (Å²) in [6.07, 6.45) is 8.35. The van der Waals surface area contributed by atoms with Crippen LogP contribution in [0.4, 0.5) is 0 Å². The molecule has 1 aliphatic rings. The molecule has 4 heteroatoms. The third-order valence-corrected chi connectivity index (χ3v) is 5.37. The van der Waals surface area contributed by atoms with E-state index in [1.807, 2.05) is 0 Å². The molecule has 0 radical (unpaired) electrons. The van der Waals surface area contributed by atoms with E-state index in [0.29, 0.717) is 0 Å². The van der Waals surface area contributed by atoms with E-state index in [-0.39, 0.29) is 64.4 Å². The van der Waals surface area contributed by atoms with Crippen molar-refractivity contribution in [2.24, 2.45) is 0 Å². The molecule has 0 aromatic heterocycles. The molecular formula is C24H27Cl3Ti. The fourth-order valence-electron chi connectivity index (χ4n) is 3.87. The van der Waals surface area contributed by atoms with Crippen LogP contribution in [-0.4, -0.2) is 0 Å². The van der Waals surface area contributed by atoms with Crippen molar-refractivity contribution in [1.82, 2.24) is 0 Å². The van der Waals surface area contributed by atoms with Crippen LogP contribution in [0, 0.1) is 6.08 Å². The maximum absolute atomic E-state index is 3.75. The monoisotopic (exact) mass is 468 g/mol. The van der Waals surface area contributed by atoms with Crippen LogP contribution in [0.15, 0.2) is 77.4 Å². The molecule has 3 rings (SSSR count). The second kappa shape index (κ2) is 13.7. The first kappa shape index (κ1) is 29.7. The molecule has 0 N–H and O–H groups in total. The molecule has 0 spiro atoms. The number of halogens is 3. The number of unbranched alkanes of at least 4 members (excludes halogenated alkanes) is 1. The maximum Gasteiger partial charge on any atom is 4.00 e. The molecule has 0 nitrogen and oxygen atoms in total. The summed E-state index contributed by atoms with van der Waals surface area (Å²) in [6, 6.07) is 22.1. The van der Waals surface area contributed by atoms with E-state index in [1.165, 1.54) is 40.7 Å². The molecule has 0 atom stereocenters. The number of hydrogen-bond donors (Lipinski definition) is 0. The predicted molar refractivity (Wildman–Crippen MR) is 103 cm³/mol. The summed E-state index contributed by atoms with van der Waals surface area (Å²) in [5, 5.41) is 0. The zero-order valence-corrected chi connectivity index (χ0v) is 20.6. The minimum absolute atomic E-state index is 0. The molecule has 0 saturated heterocycles. The van der Waals surface area contributed by atoms with Crippen LogP contribution in [0.5, 0.6) is 0 Å². The van der Waals surface area contributed by atoms with Gasteiger partial charge < -0.3 is 37.2 Å². The summed E-state index contributed by atoms with van der Waals surface area (Å²) in [5.41, 5.74) is 6.94. The topological polar surface area (TPSA) is 0 Å². The fraction of sp³-hybridized carbons (Fsp3) is 0.333. The van der Waals surface area contributed by atoms with Crippen LogP contribution in [0.25, 0.3) is 0 Å². The molecule has 0 amide bonds. The molecule has 0 saturated carbocycles. The summed E-state index contributed by atoms with van der Waals surface area (Å²) in [6.45, 7) is 6.72. The van der Waals surface area contributed by atoms with Gasteiger partial charge in [0.15, 0.2) is 0 Å². The first-order chi connectivity index (χ1) is 11.7. The SMILES string of the molecule is CCCCC(C1=[C-]C(C)=C(C)C1)(c1ccccc1)c1ccccc1.[Cl-].[Cl-].[Cl-].[Ti+4]. The van der Waals surface area contributed by atoms with Crippen molar-refractivity contribution in [3.63, 3.8) is 0 Å². The Kier molecular flexibility index (Phi) is 14.5. The van der Waals surface area contributed by atoms with Crippen LogP contribution >= 0.6 is 0 Å². The fourth-order valence-corrected chi connectivity index (χ4v) is 3.87. The summed E-state index contributed by atoms with van der Waals surface area (Å²) >= 11 is 0. The van der Waals surface area contributed by atoms with E-state index in [9.17, 15) is 0 Å². The van der Waals surface area contributed by atoms with E-state index in [2.05, 4.69) is 87.5 Å². The molecular weight excluding hydrogens is 442 g/mol. The standard InChI is InChI=1S/C24H27.3ClH.Ti/c1-4-5-16-24(21-12-8-6-9-13-21,22-14-10-7-11-15-22)23-17-19(2)20(3)18-23;;;;/h6-15H,4-5,16-17H2,1-3H3;3*1H;/q-1;;;;+4/p-3. The zero-order valence-electron chi connectivity index (χ0n) is 16.7. The quantitative estimate of drug-likeness (QED) is 0.328. The van der Waals surface area contributed by atoms with E-state index < -0.39 is 0 Å². The Morgan fingerprint density at radius 1 is 0.821 bits per heavy atom. The third kappa shape index (κ3) is 6.00. The summed E-state index contributed by atoms with van der Waals surface area (Å²) in [4.78, 5) is 0. The molecule has 0 heterocycles. The largest absolute Gasteiger partial charge is 4.00 e. The molecule has 28 heavy (non-hydrogen) atoms. The predicted octanol–water partition coefficient (Wildman–Crippen LogP) is -2.36. The van der Waals surface area contributed by atoms with Gasteiger partial charge in [-0.15, -0.1) is 6.92 Å². The second-order valence-electron chi connectivity index (χ2n) is 6.93. The molecule has 0 unspecified atom stereocenters.